The van der Waals surface area contributed by atoms with E-state index in [1.54, 1.807) is 12.3 Å². The largest absolute Gasteiger partial charge is 0.490 e. The molecule has 5 heteroatoms. The first kappa shape index (κ1) is 15.3. The Kier molecular flexibility index (Phi) is 5.80. The van der Waals surface area contributed by atoms with Gasteiger partial charge in [0.15, 0.2) is 5.78 Å². The highest BCUT2D eigenvalue weighted by Crippen LogP contribution is 2.22. The van der Waals surface area contributed by atoms with Crippen LogP contribution in [0.5, 0.6) is 5.75 Å². The zero-order chi connectivity index (χ0) is 14.4. The quantitative estimate of drug-likeness (QED) is 0.454. The van der Waals surface area contributed by atoms with E-state index >= 15 is 0 Å². The summed E-state index contributed by atoms with van der Waals surface area (Å²) < 4.78 is 5.65. The maximum atomic E-state index is 12.1. The average molecular weight is 297 g/mol. The number of hydrogen-bond donors (Lipinski definition) is 1. The minimum Gasteiger partial charge on any atom is -0.490 e. The SMILES string of the molecule is CCCCCC(=O)c1cc(OC[C@H]2CCN2)cnc1Cl. The van der Waals surface area contributed by atoms with Crippen LogP contribution in [0.15, 0.2) is 12.3 Å². The lowest BCUT2D eigenvalue weighted by molar-refractivity contribution is 0.0978. The smallest absolute Gasteiger partial charge is 0.166 e. The number of halogens is 1. The van der Waals surface area contributed by atoms with E-state index in [0.717, 1.165) is 32.2 Å². The second kappa shape index (κ2) is 7.60. The van der Waals surface area contributed by atoms with E-state index in [9.17, 15) is 4.79 Å². The molecular weight excluding hydrogens is 276 g/mol. The van der Waals surface area contributed by atoms with Crippen molar-refractivity contribution in [2.24, 2.45) is 0 Å². The van der Waals surface area contributed by atoms with Crippen molar-refractivity contribution in [1.82, 2.24) is 10.3 Å². The van der Waals surface area contributed by atoms with Crippen LogP contribution in [0, 0.1) is 0 Å². The molecule has 0 spiro atoms. The maximum absolute atomic E-state index is 12.1. The first-order valence-electron chi connectivity index (χ1n) is 7.25. The second-order valence-corrected chi connectivity index (χ2v) is 5.50. The molecule has 0 unspecified atom stereocenters. The summed E-state index contributed by atoms with van der Waals surface area (Å²) in [6.45, 7) is 3.77. The van der Waals surface area contributed by atoms with Gasteiger partial charge in [-0.1, -0.05) is 31.4 Å². The Morgan fingerprint density at radius 2 is 2.35 bits per heavy atom. The molecule has 1 aliphatic rings. The molecule has 4 nitrogen and oxygen atoms in total. The number of ketones is 1. The molecule has 1 aliphatic heterocycles. The Bertz CT molecular complexity index is 461. The normalized spacial score (nSPS) is 17.6. The summed E-state index contributed by atoms with van der Waals surface area (Å²) in [5.74, 6) is 0.658. The highest BCUT2D eigenvalue weighted by Gasteiger charge is 2.18. The van der Waals surface area contributed by atoms with E-state index < -0.39 is 0 Å². The van der Waals surface area contributed by atoms with Crippen molar-refractivity contribution in [3.63, 3.8) is 0 Å². The number of hydrogen-bond acceptors (Lipinski definition) is 4. The van der Waals surface area contributed by atoms with Crippen LogP contribution in [0.25, 0.3) is 0 Å². The van der Waals surface area contributed by atoms with E-state index in [-0.39, 0.29) is 10.9 Å². The lowest BCUT2D eigenvalue weighted by Gasteiger charge is -2.27. The van der Waals surface area contributed by atoms with Crippen LogP contribution in [0.3, 0.4) is 0 Å². The molecule has 1 aromatic heterocycles. The van der Waals surface area contributed by atoms with Gasteiger partial charge in [-0.2, -0.15) is 0 Å². The molecule has 1 aromatic rings. The summed E-state index contributed by atoms with van der Waals surface area (Å²) in [6, 6.07) is 2.12. The number of carbonyl (C=O) groups excluding carboxylic acids is 1. The predicted octanol–water partition coefficient (Wildman–Crippen LogP) is 3.24. The number of nitrogens with one attached hydrogen (secondary N) is 1. The number of aromatic nitrogens is 1. The topological polar surface area (TPSA) is 51.2 Å². The Hall–Kier alpha value is -1.13. The molecule has 110 valence electrons. The van der Waals surface area contributed by atoms with E-state index in [1.165, 1.54) is 0 Å². The van der Waals surface area contributed by atoms with E-state index in [1.807, 2.05) is 0 Å². The molecule has 0 aliphatic carbocycles. The average Bonchev–Trinajstić information content (AvgIpc) is 2.39. The molecule has 0 bridgehead atoms. The Balaban J connectivity index is 1.94. The molecule has 0 amide bonds. The third-order valence-corrected chi connectivity index (χ3v) is 3.80. The minimum absolute atomic E-state index is 0.0446. The monoisotopic (exact) mass is 296 g/mol. The number of nitrogens with zero attached hydrogens (tertiary/aromatic N) is 1. The van der Waals surface area contributed by atoms with Gasteiger partial charge in [-0.3, -0.25) is 4.79 Å². The van der Waals surface area contributed by atoms with Crippen LogP contribution in [0.1, 0.15) is 49.4 Å². The fourth-order valence-electron chi connectivity index (χ4n) is 2.06. The highest BCUT2D eigenvalue weighted by atomic mass is 35.5. The van der Waals surface area contributed by atoms with Crippen LogP contribution >= 0.6 is 11.6 Å². The van der Waals surface area contributed by atoms with Crippen molar-refractivity contribution in [2.45, 2.75) is 45.1 Å². The lowest BCUT2D eigenvalue weighted by Crippen LogP contribution is -2.46. The fraction of sp³-hybridized carbons (Fsp3) is 0.600. The number of ether oxygens (including phenoxy) is 1. The van der Waals surface area contributed by atoms with Gasteiger partial charge in [0.05, 0.1) is 11.8 Å². The zero-order valence-electron chi connectivity index (χ0n) is 11.8. The predicted molar refractivity (Wildman–Crippen MR) is 79.6 cm³/mol. The number of pyridine rings is 1. The molecule has 2 rings (SSSR count). The number of unbranched alkanes of at least 4 members (excludes halogenated alkanes) is 2. The van der Waals surface area contributed by atoms with Crippen molar-refractivity contribution in [3.05, 3.63) is 23.0 Å². The van der Waals surface area contributed by atoms with E-state index in [4.69, 9.17) is 16.3 Å². The molecular formula is C15H21ClN2O2. The summed E-state index contributed by atoms with van der Waals surface area (Å²) in [7, 11) is 0. The van der Waals surface area contributed by atoms with Gasteiger partial charge in [0.2, 0.25) is 0 Å². The van der Waals surface area contributed by atoms with Gasteiger partial charge < -0.3 is 10.1 Å². The highest BCUT2D eigenvalue weighted by molar-refractivity contribution is 6.32. The van der Waals surface area contributed by atoms with Gasteiger partial charge in [-0.05, 0) is 25.5 Å². The summed E-state index contributed by atoms with van der Waals surface area (Å²) in [5.41, 5.74) is 0.474. The Labute approximate surface area is 124 Å². The third kappa shape index (κ3) is 4.18. The fourth-order valence-corrected chi connectivity index (χ4v) is 2.27. The molecule has 1 fully saturated rings. The van der Waals surface area contributed by atoms with Crippen molar-refractivity contribution >= 4 is 17.4 Å². The number of Topliss-reactive ketones (excluding diaryl/α,β-unsaturated/α-hetero) is 1. The van der Waals surface area contributed by atoms with Gasteiger partial charge in [0, 0.05) is 12.5 Å². The summed E-state index contributed by atoms with van der Waals surface area (Å²) in [5, 5.41) is 3.52. The standard InChI is InChI=1S/C15H21ClN2O2/c1-2-3-4-5-14(19)13-8-12(9-18-15(13)16)20-10-11-6-7-17-11/h8-9,11,17H,2-7,10H2,1H3/t11-/m1/s1. The molecule has 1 saturated heterocycles. The second-order valence-electron chi connectivity index (χ2n) is 5.14. The van der Waals surface area contributed by atoms with E-state index in [0.29, 0.717) is 30.4 Å². The summed E-state index contributed by atoms with van der Waals surface area (Å²) >= 11 is 6.01. The molecule has 0 saturated carbocycles. The van der Waals surface area contributed by atoms with Gasteiger partial charge in [-0.25, -0.2) is 4.98 Å². The van der Waals surface area contributed by atoms with Crippen molar-refractivity contribution < 1.29 is 9.53 Å². The van der Waals surface area contributed by atoms with Crippen LogP contribution in [0.4, 0.5) is 0 Å². The minimum atomic E-state index is 0.0446. The van der Waals surface area contributed by atoms with Crippen LogP contribution in [-0.4, -0.2) is 30.0 Å². The Morgan fingerprint density at radius 1 is 1.55 bits per heavy atom. The summed E-state index contributed by atoms with van der Waals surface area (Å²) in [6.07, 6.45) is 6.26. The lowest BCUT2D eigenvalue weighted by atomic mass is 10.1. The summed E-state index contributed by atoms with van der Waals surface area (Å²) in [4.78, 5) is 16.2. The van der Waals surface area contributed by atoms with Crippen LogP contribution < -0.4 is 10.1 Å². The third-order valence-electron chi connectivity index (χ3n) is 3.50. The van der Waals surface area contributed by atoms with Gasteiger partial charge >= 0.3 is 0 Å². The molecule has 20 heavy (non-hydrogen) atoms. The first-order valence-corrected chi connectivity index (χ1v) is 7.63. The van der Waals surface area contributed by atoms with Gasteiger partial charge in [0.25, 0.3) is 0 Å². The molecule has 2 heterocycles. The van der Waals surface area contributed by atoms with E-state index in [2.05, 4.69) is 17.2 Å². The molecule has 0 radical (unpaired) electrons. The van der Waals surface area contributed by atoms with Crippen molar-refractivity contribution in [2.75, 3.05) is 13.2 Å². The molecule has 1 atom stereocenters. The van der Waals surface area contributed by atoms with Crippen LogP contribution in [-0.2, 0) is 0 Å². The number of rotatable bonds is 8. The zero-order valence-corrected chi connectivity index (χ0v) is 12.6. The number of carbonyl (C=O) groups is 1. The van der Waals surface area contributed by atoms with Crippen LogP contribution in [0.2, 0.25) is 5.15 Å². The van der Waals surface area contributed by atoms with Gasteiger partial charge in [-0.15, -0.1) is 0 Å². The first-order chi connectivity index (χ1) is 9.70. The van der Waals surface area contributed by atoms with Gasteiger partial charge in [0.1, 0.15) is 17.5 Å². The Morgan fingerprint density at radius 3 is 3.00 bits per heavy atom. The van der Waals surface area contributed by atoms with Crippen molar-refractivity contribution in [3.8, 4) is 5.75 Å². The van der Waals surface area contributed by atoms with Crippen molar-refractivity contribution in [1.29, 1.82) is 0 Å². The molecule has 0 aromatic carbocycles. The maximum Gasteiger partial charge on any atom is 0.166 e. The molecule has 1 N–H and O–H groups in total.